The normalized spacial score (nSPS) is 16.3. The first-order valence-electron chi connectivity index (χ1n) is 9.24. The van der Waals surface area contributed by atoms with Gasteiger partial charge in [-0.15, -0.1) is 0 Å². The zero-order chi connectivity index (χ0) is 20.4. The predicted molar refractivity (Wildman–Crippen MR) is 111 cm³/mol. The second-order valence-corrected chi connectivity index (χ2v) is 7.51. The molecule has 6 nitrogen and oxygen atoms in total. The maximum Gasteiger partial charge on any atom is 0.338 e. The van der Waals surface area contributed by atoms with E-state index in [1.54, 1.807) is 36.9 Å². The molecule has 2 aromatic heterocycles. The molecule has 0 saturated heterocycles. The van der Waals surface area contributed by atoms with E-state index in [1.807, 2.05) is 42.5 Å². The van der Waals surface area contributed by atoms with Gasteiger partial charge in [-0.3, -0.25) is 14.3 Å². The van der Waals surface area contributed by atoms with Crippen LogP contribution >= 0.6 is 11.3 Å². The van der Waals surface area contributed by atoms with Crippen LogP contribution in [0.4, 0.5) is 0 Å². The fourth-order valence-electron chi connectivity index (χ4n) is 3.35. The SMILES string of the molecule is CCOC(=O)C1=C(C)N=c2s/c(=C\c3cccnc3)c(=O)n2[C@@H]1c1ccccc1. The third-order valence-corrected chi connectivity index (χ3v) is 5.60. The standard InChI is InChI=1S/C22H19N3O3S/c1-3-28-21(27)18-14(2)24-22-25(19(18)16-9-5-4-6-10-16)20(26)17(29-22)12-15-8-7-11-23-13-15/h4-13,19H,3H2,1-2H3/b17-12-/t19-/m1/s1. The third-order valence-electron chi connectivity index (χ3n) is 4.61. The number of pyridine rings is 1. The molecule has 0 aliphatic carbocycles. The van der Waals surface area contributed by atoms with E-state index >= 15 is 0 Å². The molecule has 4 rings (SSSR count). The highest BCUT2D eigenvalue weighted by atomic mass is 32.1. The van der Waals surface area contributed by atoms with Crippen LogP contribution in [0.2, 0.25) is 0 Å². The molecule has 0 saturated carbocycles. The summed E-state index contributed by atoms with van der Waals surface area (Å²) >= 11 is 1.30. The number of aromatic nitrogens is 2. The Labute approximate surface area is 171 Å². The number of hydrogen-bond acceptors (Lipinski definition) is 6. The monoisotopic (exact) mass is 405 g/mol. The molecule has 3 aromatic rings. The topological polar surface area (TPSA) is 73.6 Å². The van der Waals surface area contributed by atoms with Crippen molar-refractivity contribution in [2.75, 3.05) is 6.61 Å². The minimum Gasteiger partial charge on any atom is -0.463 e. The first-order chi connectivity index (χ1) is 14.1. The van der Waals surface area contributed by atoms with E-state index in [9.17, 15) is 9.59 Å². The summed E-state index contributed by atoms with van der Waals surface area (Å²) in [6, 6.07) is 12.6. The van der Waals surface area contributed by atoms with Crippen molar-refractivity contribution in [3.63, 3.8) is 0 Å². The molecule has 0 spiro atoms. The Morgan fingerprint density at radius 2 is 2.03 bits per heavy atom. The number of esters is 1. The van der Waals surface area contributed by atoms with Crippen LogP contribution in [0.15, 0.2) is 75.9 Å². The van der Waals surface area contributed by atoms with Crippen LogP contribution in [0.25, 0.3) is 6.08 Å². The van der Waals surface area contributed by atoms with Crippen molar-refractivity contribution in [2.24, 2.45) is 4.99 Å². The predicted octanol–water partition coefficient (Wildman–Crippen LogP) is 2.19. The molecule has 29 heavy (non-hydrogen) atoms. The van der Waals surface area contributed by atoms with Crippen molar-refractivity contribution in [2.45, 2.75) is 19.9 Å². The van der Waals surface area contributed by atoms with Crippen LogP contribution in [0, 0.1) is 0 Å². The van der Waals surface area contributed by atoms with Gasteiger partial charge in [-0.1, -0.05) is 47.7 Å². The maximum absolute atomic E-state index is 13.3. The van der Waals surface area contributed by atoms with Gasteiger partial charge in [0.25, 0.3) is 5.56 Å². The number of fused-ring (bicyclic) bond motifs is 1. The zero-order valence-electron chi connectivity index (χ0n) is 16.0. The van der Waals surface area contributed by atoms with Crippen LogP contribution < -0.4 is 14.9 Å². The molecule has 1 aromatic carbocycles. The average Bonchev–Trinajstić information content (AvgIpc) is 3.03. The molecule has 1 aliphatic heterocycles. The van der Waals surface area contributed by atoms with Gasteiger partial charge in [-0.2, -0.15) is 0 Å². The van der Waals surface area contributed by atoms with E-state index < -0.39 is 12.0 Å². The molecule has 0 fully saturated rings. The molecule has 3 heterocycles. The molecule has 0 unspecified atom stereocenters. The van der Waals surface area contributed by atoms with Gasteiger partial charge in [0.05, 0.1) is 28.5 Å². The minimum atomic E-state index is -0.581. The van der Waals surface area contributed by atoms with E-state index in [4.69, 9.17) is 4.74 Å². The summed E-state index contributed by atoms with van der Waals surface area (Å²) in [5.74, 6) is -0.454. The first-order valence-corrected chi connectivity index (χ1v) is 10.1. The number of benzene rings is 1. The summed E-state index contributed by atoms with van der Waals surface area (Å²) in [5.41, 5.74) is 2.42. The smallest absolute Gasteiger partial charge is 0.338 e. The summed E-state index contributed by atoms with van der Waals surface area (Å²) in [5, 5.41) is 0. The molecule has 146 valence electrons. The van der Waals surface area contributed by atoms with Crippen molar-refractivity contribution in [1.29, 1.82) is 0 Å². The lowest BCUT2D eigenvalue weighted by atomic mass is 9.96. The molecule has 0 N–H and O–H groups in total. The highest BCUT2D eigenvalue weighted by molar-refractivity contribution is 7.07. The molecular weight excluding hydrogens is 386 g/mol. The van der Waals surface area contributed by atoms with Gasteiger partial charge in [-0.05, 0) is 37.1 Å². The number of allylic oxidation sites excluding steroid dienone is 1. The van der Waals surface area contributed by atoms with E-state index in [1.165, 1.54) is 11.3 Å². The van der Waals surface area contributed by atoms with Gasteiger partial charge in [0.1, 0.15) is 0 Å². The fraction of sp³-hybridized carbons (Fsp3) is 0.182. The lowest BCUT2D eigenvalue weighted by molar-refractivity contribution is -0.139. The van der Waals surface area contributed by atoms with Crippen LogP contribution in [0.1, 0.15) is 31.0 Å². The lowest BCUT2D eigenvalue weighted by Crippen LogP contribution is -2.39. The molecule has 0 radical (unpaired) electrons. The van der Waals surface area contributed by atoms with Crippen LogP contribution in [-0.4, -0.2) is 22.1 Å². The Balaban J connectivity index is 1.96. The summed E-state index contributed by atoms with van der Waals surface area (Å²) < 4.78 is 7.40. The van der Waals surface area contributed by atoms with E-state index in [0.29, 0.717) is 20.6 Å². The Morgan fingerprint density at radius 3 is 2.72 bits per heavy atom. The van der Waals surface area contributed by atoms with Gasteiger partial charge in [0.2, 0.25) is 0 Å². The van der Waals surface area contributed by atoms with Crippen molar-refractivity contribution in [3.05, 3.63) is 96.9 Å². The van der Waals surface area contributed by atoms with Crippen LogP contribution in [0.3, 0.4) is 0 Å². The summed E-state index contributed by atoms with van der Waals surface area (Å²) in [6.07, 6.45) is 5.17. The number of carbonyl (C=O) groups excluding carboxylic acids is 1. The number of ether oxygens (including phenoxy) is 1. The molecule has 7 heteroatoms. The highest BCUT2D eigenvalue weighted by Crippen LogP contribution is 2.30. The molecular formula is C22H19N3O3S. The van der Waals surface area contributed by atoms with Gasteiger partial charge in [0.15, 0.2) is 4.80 Å². The summed E-state index contributed by atoms with van der Waals surface area (Å²) in [7, 11) is 0. The van der Waals surface area contributed by atoms with Crippen molar-refractivity contribution in [3.8, 4) is 0 Å². The largest absolute Gasteiger partial charge is 0.463 e. The Kier molecular flexibility index (Phi) is 5.22. The fourth-order valence-corrected chi connectivity index (χ4v) is 4.40. The molecule has 1 atom stereocenters. The summed E-state index contributed by atoms with van der Waals surface area (Å²) in [6.45, 7) is 3.79. The summed E-state index contributed by atoms with van der Waals surface area (Å²) in [4.78, 5) is 35.3. The maximum atomic E-state index is 13.3. The van der Waals surface area contributed by atoms with Gasteiger partial charge >= 0.3 is 5.97 Å². The number of carbonyl (C=O) groups is 1. The Hall–Kier alpha value is -3.32. The van der Waals surface area contributed by atoms with Crippen LogP contribution in [-0.2, 0) is 9.53 Å². The second kappa shape index (κ2) is 7.97. The highest BCUT2D eigenvalue weighted by Gasteiger charge is 2.33. The van der Waals surface area contributed by atoms with Gasteiger partial charge in [0, 0.05) is 12.4 Å². The molecule has 0 amide bonds. The quantitative estimate of drug-likeness (QED) is 0.624. The first kappa shape index (κ1) is 19.0. The van der Waals surface area contributed by atoms with Crippen molar-refractivity contribution >= 4 is 23.4 Å². The van der Waals surface area contributed by atoms with Gasteiger partial charge in [-0.25, -0.2) is 9.79 Å². The van der Waals surface area contributed by atoms with Crippen molar-refractivity contribution < 1.29 is 9.53 Å². The van der Waals surface area contributed by atoms with Crippen molar-refractivity contribution in [1.82, 2.24) is 9.55 Å². The van der Waals surface area contributed by atoms with E-state index in [0.717, 1.165) is 11.1 Å². The zero-order valence-corrected chi connectivity index (χ0v) is 16.8. The second-order valence-electron chi connectivity index (χ2n) is 6.50. The van der Waals surface area contributed by atoms with E-state index in [2.05, 4.69) is 9.98 Å². The lowest BCUT2D eigenvalue weighted by Gasteiger charge is -2.24. The Bertz CT molecular complexity index is 1260. The number of hydrogen-bond donors (Lipinski definition) is 0. The number of nitrogens with zero attached hydrogens (tertiary/aromatic N) is 3. The van der Waals surface area contributed by atoms with Crippen LogP contribution in [0.5, 0.6) is 0 Å². The minimum absolute atomic E-state index is 0.194. The Morgan fingerprint density at radius 1 is 1.24 bits per heavy atom. The third kappa shape index (κ3) is 3.56. The molecule has 0 bridgehead atoms. The number of thiazole rings is 1. The average molecular weight is 405 g/mol. The molecule has 1 aliphatic rings. The van der Waals surface area contributed by atoms with E-state index in [-0.39, 0.29) is 12.2 Å². The van der Waals surface area contributed by atoms with Gasteiger partial charge < -0.3 is 4.74 Å². The number of rotatable bonds is 4.